The topological polar surface area (TPSA) is 109 Å². The highest BCUT2D eigenvalue weighted by Gasteiger charge is 2.35. The SMILES string of the molecule is COc1cccc(NNC(=O)[C@H]2CC(=O)N(c3ccc(C)c(C)c3)C2)c1OCC(=O)NCc1ccccc1. The number of aryl methyl sites for hydroxylation is 2. The van der Waals surface area contributed by atoms with Crippen molar-refractivity contribution in [3.8, 4) is 11.5 Å². The molecule has 0 aromatic heterocycles. The van der Waals surface area contributed by atoms with Gasteiger partial charge in [-0.2, -0.15) is 0 Å². The summed E-state index contributed by atoms with van der Waals surface area (Å²) in [5.41, 5.74) is 9.96. The number of ether oxygens (including phenoxy) is 2. The van der Waals surface area contributed by atoms with Gasteiger partial charge in [0.25, 0.3) is 5.91 Å². The van der Waals surface area contributed by atoms with Gasteiger partial charge in [-0.05, 0) is 54.8 Å². The number of nitrogens with zero attached hydrogens (tertiary/aromatic N) is 1. The van der Waals surface area contributed by atoms with Crippen LogP contribution in [0.5, 0.6) is 11.5 Å². The summed E-state index contributed by atoms with van der Waals surface area (Å²) in [4.78, 5) is 39.6. The molecule has 0 spiro atoms. The lowest BCUT2D eigenvalue weighted by atomic mass is 10.1. The highest BCUT2D eigenvalue weighted by molar-refractivity contribution is 6.00. The predicted octanol–water partition coefficient (Wildman–Crippen LogP) is 3.50. The molecular formula is C29H32N4O5. The summed E-state index contributed by atoms with van der Waals surface area (Å²) >= 11 is 0. The van der Waals surface area contributed by atoms with E-state index in [1.807, 2.05) is 62.4 Å². The van der Waals surface area contributed by atoms with Gasteiger partial charge in [0.2, 0.25) is 11.8 Å². The van der Waals surface area contributed by atoms with Gasteiger partial charge in [0.05, 0.1) is 18.7 Å². The number of methoxy groups -OCH3 is 1. The van der Waals surface area contributed by atoms with Crippen LogP contribution in [0.1, 0.15) is 23.1 Å². The normalized spacial score (nSPS) is 14.7. The van der Waals surface area contributed by atoms with Gasteiger partial charge >= 0.3 is 0 Å². The summed E-state index contributed by atoms with van der Waals surface area (Å²) in [7, 11) is 1.49. The van der Waals surface area contributed by atoms with Crippen molar-refractivity contribution in [1.29, 1.82) is 0 Å². The number of hydrogen-bond acceptors (Lipinski definition) is 6. The smallest absolute Gasteiger partial charge is 0.258 e. The van der Waals surface area contributed by atoms with Crippen LogP contribution in [-0.4, -0.2) is 38.0 Å². The second kappa shape index (κ2) is 12.1. The minimum absolute atomic E-state index is 0.0969. The molecule has 3 N–H and O–H groups in total. The fourth-order valence-electron chi connectivity index (χ4n) is 4.17. The second-order valence-corrected chi connectivity index (χ2v) is 9.18. The largest absolute Gasteiger partial charge is 0.493 e. The van der Waals surface area contributed by atoms with Gasteiger partial charge in [0.15, 0.2) is 18.1 Å². The molecule has 0 radical (unpaired) electrons. The fourth-order valence-corrected chi connectivity index (χ4v) is 4.17. The standard InChI is InChI=1S/C29H32N4O5/c1-19-12-13-23(14-20(19)2)33-17-22(15-27(33)35)29(36)32-31-24-10-7-11-25(37-3)28(24)38-18-26(34)30-16-21-8-5-4-6-9-21/h4-14,22,31H,15-18H2,1-3H3,(H,30,34)(H,32,36)/t22-/m0/s1. The molecule has 9 heteroatoms. The number of rotatable bonds is 10. The van der Waals surface area contributed by atoms with E-state index in [0.29, 0.717) is 18.0 Å². The van der Waals surface area contributed by atoms with Gasteiger partial charge < -0.3 is 19.7 Å². The molecule has 38 heavy (non-hydrogen) atoms. The zero-order chi connectivity index (χ0) is 27.1. The van der Waals surface area contributed by atoms with E-state index < -0.39 is 5.92 Å². The third-order valence-corrected chi connectivity index (χ3v) is 6.50. The van der Waals surface area contributed by atoms with Gasteiger partial charge in [0, 0.05) is 25.2 Å². The Morgan fingerprint density at radius 1 is 1.00 bits per heavy atom. The van der Waals surface area contributed by atoms with Crippen molar-refractivity contribution >= 4 is 29.1 Å². The molecule has 1 heterocycles. The molecule has 1 aliphatic heterocycles. The molecule has 4 rings (SSSR count). The molecular weight excluding hydrogens is 484 g/mol. The van der Waals surface area contributed by atoms with Crippen molar-refractivity contribution in [2.45, 2.75) is 26.8 Å². The molecule has 0 bridgehead atoms. The lowest BCUT2D eigenvalue weighted by molar-refractivity contribution is -0.126. The third kappa shape index (κ3) is 6.42. The summed E-state index contributed by atoms with van der Waals surface area (Å²) in [6, 6.07) is 20.5. The molecule has 1 saturated heterocycles. The molecule has 3 amide bonds. The van der Waals surface area contributed by atoms with Crippen LogP contribution in [0.2, 0.25) is 0 Å². The van der Waals surface area contributed by atoms with Gasteiger partial charge in [-0.25, -0.2) is 0 Å². The number of hydrazine groups is 1. The number of nitrogens with one attached hydrogen (secondary N) is 3. The Bertz CT molecular complexity index is 1310. The molecule has 0 aliphatic carbocycles. The lowest BCUT2D eigenvalue weighted by Crippen LogP contribution is -2.36. The van der Waals surface area contributed by atoms with Crippen molar-refractivity contribution < 1.29 is 23.9 Å². The number of amides is 3. The average Bonchev–Trinajstić information content (AvgIpc) is 3.33. The van der Waals surface area contributed by atoms with Gasteiger partial charge in [0.1, 0.15) is 0 Å². The summed E-state index contributed by atoms with van der Waals surface area (Å²) < 4.78 is 11.2. The van der Waals surface area contributed by atoms with Crippen LogP contribution >= 0.6 is 0 Å². The van der Waals surface area contributed by atoms with Crippen LogP contribution in [-0.2, 0) is 20.9 Å². The van der Waals surface area contributed by atoms with Crippen molar-refractivity contribution in [2.75, 3.05) is 30.6 Å². The molecule has 198 valence electrons. The maximum Gasteiger partial charge on any atom is 0.258 e. The Morgan fingerprint density at radius 2 is 1.79 bits per heavy atom. The highest BCUT2D eigenvalue weighted by atomic mass is 16.5. The molecule has 1 fully saturated rings. The van der Waals surface area contributed by atoms with Crippen LogP contribution in [0.3, 0.4) is 0 Å². The van der Waals surface area contributed by atoms with Crippen molar-refractivity contribution in [1.82, 2.24) is 10.7 Å². The van der Waals surface area contributed by atoms with E-state index in [1.165, 1.54) is 7.11 Å². The summed E-state index contributed by atoms with van der Waals surface area (Å²) in [6.45, 7) is 4.44. The van der Waals surface area contributed by atoms with E-state index in [2.05, 4.69) is 16.2 Å². The number of anilines is 2. The summed E-state index contributed by atoms with van der Waals surface area (Å²) in [6.07, 6.45) is 0.115. The average molecular weight is 517 g/mol. The molecule has 0 saturated carbocycles. The van der Waals surface area contributed by atoms with Crippen LogP contribution in [0.25, 0.3) is 0 Å². The van der Waals surface area contributed by atoms with Crippen LogP contribution in [0.15, 0.2) is 66.7 Å². The zero-order valence-electron chi connectivity index (χ0n) is 21.7. The predicted molar refractivity (Wildman–Crippen MR) is 145 cm³/mol. The van der Waals surface area contributed by atoms with Crippen molar-refractivity contribution in [3.63, 3.8) is 0 Å². The number of carbonyl (C=O) groups excluding carboxylic acids is 3. The van der Waals surface area contributed by atoms with Gasteiger partial charge in [-0.15, -0.1) is 0 Å². The number of benzene rings is 3. The van der Waals surface area contributed by atoms with Crippen LogP contribution in [0.4, 0.5) is 11.4 Å². The number of para-hydroxylation sites is 1. The summed E-state index contributed by atoms with van der Waals surface area (Å²) in [5, 5.41) is 2.81. The first-order valence-corrected chi connectivity index (χ1v) is 12.4. The minimum atomic E-state index is -0.518. The molecule has 9 nitrogen and oxygen atoms in total. The van der Waals surface area contributed by atoms with Gasteiger partial charge in [-0.1, -0.05) is 42.5 Å². The van der Waals surface area contributed by atoms with E-state index in [4.69, 9.17) is 9.47 Å². The van der Waals surface area contributed by atoms with E-state index >= 15 is 0 Å². The molecule has 1 atom stereocenters. The summed E-state index contributed by atoms with van der Waals surface area (Å²) in [5.74, 6) is -0.554. The zero-order valence-corrected chi connectivity index (χ0v) is 21.7. The Hall–Kier alpha value is -4.53. The third-order valence-electron chi connectivity index (χ3n) is 6.50. The fraction of sp³-hybridized carbons (Fsp3) is 0.276. The Kier molecular flexibility index (Phi) is 8.47. The first-order chi connectivity index (χ1) is 18.4. The monoisotopic (exact) mass is 516 g/mol. The maximum absolute atomic E-state index is 12.9. The number of carbonyl (C=O) groups is 3. The first-order valence-electron chi connectivity index (χ1n) is 12.4. The molecule has 0 unspecified atom stereocenters. The van der Waals surface area contributed by atoms with Crippen molar-refractivity contribution in [3.05, 3.63) is 83.4 Å². The highest BCUT2D eigenvalue weighted by Crippen LogP contribution is 2.35. The van der Waals surface area contributed by atoms with Gasteiger partial charge in [-0.3, -0.25) is 25.2 Å². The Morgan fingerprint density at radius 3 is 2.53 bits per heavy atom. The van der Waals surface area contributed by atoms with E-state index in [-0.39, 0.29) is 43.0 Å². The van der Waals surface area contributed by atoms with E-state index in [0.717, 1.165) is 22.4 Å². The maximum atomic E-state index is 12.9. The Labute approximate surface area is 222 Å². The quantitative estimate of drug-likeness (QED) is 0.356. The van der Waals surface area contributed by atoms with Crippen LogP contribution in [0, 0.1) is 19.8 Å². The molecule has 1 aliphatic rings. The number of hydrogen-bond donors (Lipinski definition) is 3. The Balaban J connectivity index is 1.35. The second-order valence-electron chi connectivity index (χ2n) is 9.18. The molecule has 3 aromatic rings. The minimum Gasteiger partial charge on any atom is -0.493 e. The van der Waals surface area contributed by atoms with Crippen molar-refractivity contribution in [2.24, 2.45) is 5.92 Å². The van der Waals surface area contributed by atoms with E-state index in [9.17, 15) is 14.4 Å². The lowest BCUT2D eigenvalue weighted by Gasteiger charge is -2.19. The van der Waals surface area contributed by atoms with E-state index in [1.54, 1.807) is 23.1 Å². The van der Waals surface area contributed by atoms with Crippen LogP contribution < -0.4 is 30.5 Å². The first kappa shape index (κ1) is 26.5. The molecule has 3 aromatic carbocycles.